The summed E-state index contributed by atoms with van der Waals surface area (Å²) in [5.41, 5.74) is 2.08. The maximum Gasteiger partial charge on any atom is 0.242 e. The first-order valence-corrected chi connectivity index (χ1v) is 13.6. The molecule has 34 heavy (non-hydrogen) atoms. The summed E-state index contributed by atoms with van der Waals surface area (Å²) in [7, 11) is -2.06. The van der Waals surface area contributed by atoms with E-state index in [2.05, 4.69) is 5.32 Å². The van der Waals surface area contributed by atoms with Gasteiger partial charge in [0.15, 0.2) is 0 Å². The Balaban J connectivity index is 2.21. The highest BCUT2D eigenvalue weighted by atomic mass is 35.5. The highest BCUT2D eigenvalue weighted by molar-refractivity contribution is 7.92. The molecule has 2 aromatic rings. The molecule has 186 valence electrons. The smallest absolute Gasteiger partial charge is 0.242 e. The molecule has 0 saturated carbocycles. The largest absolute Gasteiger partial charge is 0.357 e. The predicted molar refractivity (Wildman–Crippen MR) is 138 cm³/mol. The summed E-state index contributed by atoms with van der Waals surface area (Å²) in [5.74, 6) is -0.487. The van der Waals surface area contributed by atoms with Crippen molar-refractivity contribution >= 4 is 50.7 Å². The maximum atomic E-state index is 13.3. The number of sulfonamides is 1. The zero-order chi connectivity index (χ0) is 25.5. The van der Waals surface area contributed by atoms with Crippen molar-refractivity contribution in [3.05, 3.63) is 63.6 Å². The first-order valence-electron chi connectivity index (χ1n) is 11.0. The molecule has 1 atom stereocenters. The van der Waals surface area contributed by atoms with Crippen molar-refractivity contribution in [2.24, 2.45) is 0 Å². The Morgan fingerprint density at radius 1 is 1.06 bits per heavy atom. The van der Waals surface area contributed by atoms with Crippen LogP contribution in [0.15, 0.2) is 42.5 Å². The van der Waals surface area contributed by atoms with Crippen LogP contribution in [0.5, 0.6) is 0 Å². The minimum Gasteiger partial charge on any atom is -0.357 e. The fourth-order valence-electron chi connectivity index (χ4n) is 3.71. The first-order chi connectivity index (χ1) is 16.0. The average molecular weight is 529 g/mol. The molecule has 0 aromatic heterocycles. The van der Waals surface area contributed by atoms with E-state index in [4.69, 9.17) is 23.2 Å². The van der Waals surface area contributed by atoms with Crippen molar-refractivity contribution in [3.63, 3.8) is 0 Å². The van der Waals surface area contributed by atoms with Gasteiger partial charge in [-0.1, -0.05) is 48.3 Å². The molecule has 10 heteroatoms. The second kappa shape index (κ2) is 12.4. The zero-order valence-electron chi connectivity index (χ0n) is 19.8. The topological polar surface area (TPSA) is 86.8 Å². The number of hydrogen-bond acceptors (Lipinski definition) is 4. The van der Waals surface area contributed by atoms with E-state index in [1.807, 2.05) is 19.1 Å². The highest BCUT2D eigenvalue weighted by Crippen LogP contribution is 2.27. The molecule has 0 radical (unpaired) electrons. The van der Waals surface area contributed by atoms with Crippen molar-refractivity contribution < 1.29 is 18.0 Å². The van der Waals surface area contributed by atoms with Crippen molar-refractivity contribution in [1.82, 2.24) is 10.2 Å². The van der Waals surface area contributed by atoms with Crippen LogP contribution in [0.25, 0.3) is 0 Å². The van der Waals surface area contributed by atoms with Crippen molar-refractivity contribution in [1.29, 1.82) is 0 Å². The summed E-state index contributed by atoms with van der Waals surface area (Å²) in [4.78, 5) is 27.3. The molecular formula is C24H31Cl2N3O4S. The van der Waals surface area contributed by atoms with E-state index in [0.29, 0.717) is 22.2 Å². The lowest BCUT2D eigenvalue weighted by molar-refractivity contribution is -0.141. The van der Waals surface area contributed by atoms with Crippen LogP contribution in [0.1, 0.15) is 37.3 Å². The Bertz CT molecular complexity index is 1110. The number of anilines is 1. The van der Waals surface area contributed by atoms with Gasteiger partial charge in [-0.25, -0.2) is 8.42 Å². The monoisotopic (exact) mass is 527 g/mol. The Labute approximate surface area is 212 Å². The standard InChI is InChI=1S/C24H31Cl2N3O4S/c1-5-21(24(31)27-3)28(16-18-9-12-19(25)13-10-18)23(30)7-6-14-29(34(4,32)33)22-15-20(26)11-8-17(22)2/h8-13,15,21H,5-7,14,16H2,1-4H3,(H,27,31)/t21-/m1/s1. The molecule has 0 spiro atoms. The van der Waals surface area contributed by atoms with E-state index in [9.17, 15) is 18.0 Å². The number of carbonyl (C=O) groups is 2. The molecule has 0 aliphatic rings. The molecular weight excluding hydrogens is 497 g/mol. The summed E-state index contributed by atoms with van der Waals surface area (Å²) in [6.45, 7) is 4.00. The van der Waals surface area contributed by atoms with Gasteiger partial charge >= 0.3 is 0 Å². The molecule has 0 unspecified atom stereocenters. The van der Waals surface area contributed by atoms with Crippen molar-refractivity contribution in [3.8, 4) is 0 Å². The molecule has 0 aliphatic heterocycles. The molecule has 2 aromatic carbocycles. The fraction of sp³-hybridized carbons (Fsp3) is 0.417. The van der Waals surface area contributed by atoms with E-state index in [1.54, 1.807) is 37.3 Å². The summed E-state index contributed by atoms with van der Waals surface area (Å²) in [5, 5.41) is 3.63. The third kappa shape index (κ3) is 7.61. The number of aryl methyl sites for hydroxylation is 1. The first kappa shape index (κ1) is 28.0. The number of hydrogen-bond donors (Lipinski definition) is 1. The van der Waals surface area contributed by atoms with Crippen LogP contribution in [0.4, 0.5) is 5.69 Å². The third-order valence-electron chi connectivity index (χ3n) is 5.49. The average Bonchev–Trinajstić information content (AvgIpc) is 2.78. The quantitative estimate of drug-likeness (QED) is 0.469. The number of benzene rings is 2. The molecule has 0 aliphatic carbocycles. The molecule has 0 bridgehead atoms. The second-order valence-corrected chi connectivity index (χ2v) is 10.8. The van der Waals surface area contributed by atoms with Crippen molar-refractivity contribution in [2.75, 3.05) is 24.2 Å². The summed E-state index contributed by atoms with van der Waals surface area (Å²) in [6.07, 6.45) is 1.92. The van der Waals surface area contributed by atoms with E-state index >= 15 is 0 Å². The van der Waals surface area contributed by atoms with Crippen LogP contribution in [-0.4, -0.2) is 51.0 Å². The van der Waals surface area contributed by atoms with Gasteiger partial charge < -0.3 is 10.2 Å². The van der Waals surface area contributed by atoms with Gasteiger partial charge in [-0.15, -0.1) is 0 Å². The van der Waals surface area contributed by atoms with Crippen LogP contribution in [-0.2, 0) is 26.2 Å². The molecule has 0 fully saturated rings. The number of rotatable bonds is 11. The van der Waals surface area contributed by atoms with Gasteiger partial charge in [0, 0.05) is 36.6 Å². The van der Waals surface area contributed by atoms with Gasteiger partial charge in [-0.3, -0.25) is 13.9 Å². The number of nitrogens with zero attached hydrogens (tertiary/aromatic N) is 2. The van der Waals surface area contributed by atoms with Gasteiger partial charge in [0.25, 0.3) is 0 Å². The number of nitrogens with one attached hydrogen (secondary N) is 1. The number of amides is 2. The Morgan fingerprint density at radius 3 is 2.24 bits per heavy atom. The zero-order valence-corrected chi connectivity index (χ0v) is 22.2. The van der Waals surface area contributed by atoms with Crippen LogP contribution >= 0.6 is 23.2 Å². The SMILES string of the molecule is CC[C@H](C(=O)NC)N(Cc1ccc(Cl)cc1)C(=O)CCCN(c1cc(Cl)ccc1C)S(C)(=O)=O. The van der Waals surface area contributed by atoms with Gasteiger partial charge in [0.2, 0.25) is 21.8 Å². The molecule has 1 N–H and O–H groups in total. The highest BCUT2D eigenvalue weighted by Gasteiger charge is 2.28. The van der Waals surface area contributed by atoms with Gasteiger partial charge in [0.05, 0.1) is 11.9 Å². The second-order valence-electron chi connectivity index (χ2n) is 8.06. The maximum absolute atomic E-state index is 13.3. The van der Waals surface area contributed by atoms with Gasteiger partial charge in [-0.05, 0) is 55.2 Å². The minimum absolute atomic E-state index is 0.0761. The molecule has 0 saturated heterocycles. The molecule has 2 rings (SSSR count). The lowest BCUT2D eigenvalue weighted by atomic mass is 10.1. The molecule has 0 heterocycles. The number of likely N-dealkylation sites (N-methyl/N-ethyl adjacent to an activating group) is 1. The number of halogens is 2. The van der Waals surface area contributed by atoms with Crippen molar-refractivity contribution in [2.45, 2.75) is 45.7 Å². The van der Waals surface area contributed by atoms with Crippen LogP contribution in [0, 0.1) is 6.92 Å². The predicted octanol–water partition coefficient (Wildman–Crippen LogP) is 4.40. The number of carbonyl (C=O) groups excluding carboxylic acids is 2. The lowest BCUT2D eigenvalue weighted by Gasteiger charge is -2.31. The normalized spacial score (nSPS) is 12.2. The Hall–Kier alpha value is -2.29. The summed E-state index contributed by atoms with van der Waals surface area (Å²) in [6, 6.07) is 11.5. The fourth-order valence-corrected chi connectivity index (χ4v) is 5.01. The Morgan fingerprint density at radius 2 is 1.68 bits per heavy atom. The summed E-state index contributed by atoms with van der Waals surface area (Å²) < 4.78 is 26.2. The lowest BCUT2D eigenvalue weighted by Crippen LogP contribution is -2.48. The van der Waals surface area contributed by atoms with Crippen LogP contribution < -0.4 is 9.62 Å². The van der Waals surface area contributed by atoms with Crippen LogP contribution in [0.3, 0.4) is 0 Å². The third-order valence-corrected chi connectivity index (χ3v) is 7.16. The molecule has 2 amide bonds. The van der Waals surface area contributed by atoms with Crippen LogP contribution in [0.2, 0.25) is 10.0 Å². The Kier molecular flexibility index (Phi) is 10.2. The van der Waals surface area contributed by atoms with Gasteiger partial charge in [-0.2, -0.15) is 0 Å². The van der Waals surface area contributed by atoms with E-state index in [1.165, 1.54) is 16.3 Å². The summed E-state index contributed by atoms with van der Waals surface area (Å²) >= 11 is 12.1. The van der Waals surface area contributed by atoms with E-state index in [-0.39, 0.29) is 37.7 Å². The minimum atomic E-state index is -3.59. The molecule has 7 nitrogen and oxygen atoms in total. The van der Waals surface area contributed by atoms with Gasteiger partial charge in [0.1, 0.15) is 6.04 Å². The van der Waals surface area contributed by atoms with E-state index < -0.39 is 16.1 Å². The van der Waals surface area contributed by atoms with E-state index in [0.717, 1.165) is 17.4 Å².